The highest BCUT2D eigenvalue weighted by molar-refractivity contribution is 7.91. The monoisotopic (exact) mass is 489 g/mol. The average Bonchev–Trinajstić information content (AvgIpc) is 3.19. The summed E-state index contributed by atoms with van der Waals surface area (Å²) in [5.74, 6) is 0.0998. The first kappa shape index (κ1) is 23.7. The number of carbonyl (C=O) groups is 2. The van der Waals surface area contributed by atoms with E-state index in [9.17, 15) is 18.0 Å². The fourth-order valence-electron chi connectivity index (χ4n) is 4.52. The SMILES string of the molecule is O=C(N[C@H](CC(=O)N1CCN([C@@H]2CCS(=O)(=O)C2)CC1)c1ccccc1)c1ccccc1Cl. The molecule has 7 nitrogen and oxygen atoms in total. The van der Waals surface area contributed by atoms with E-state index in [2.05, 4.69) is 10.2 Å². The van der Waals surface area contributed by atoms with Crippen molar-refractivity contribution in [2.24, 2.45) is 0 Å². The van der Waals surface area contributed by atoms with Gasteiger partial charge in [0.25, 0.3) is 5.91 Å². The van der Waals surface area contributed by atoms with E-state index in [1.54, 1.807) is 29.2 Å². The van der Waals surface area contributed by atoms with Gasteiger partial charge in [-0.25, -0.2) is 8.42 Å². The van der Waals surface area contributed by atoms with E-state index in [4.69, 9.17) is 11.6 Å². The van der Waals surface area contributed by atoms with Crippen LogP contribution in [0, 0.1) is 0 Å². The zero-order valence-electron chi connectivity index (χ0n) is 18.3. The van der Waals surface area contributed by atoms with E-state index < -0.39 is 15.9 Å². The van der Waals surface area contributed by atoms with Gasteiger partial charge in [0.05, 0.1) is 34.6 Å². The summed E-state index contributed by atoms with van der Waals surface area (Å²) in [5, 5.41) is 3.33. The first-order valence-electron chi connectivity index (χ1n) is 11.1. The van der Waals surface area contributed by atoms with Crippen LogP contribution in [0.4, 0.5) is 0 Å². The van der Waals surface area contributed by atoms with Crippen LogP contribution in [0.3, 0.4) is 0 Å². The Labute approximate surface area is 199 Å². The van der Waals surface area contributed by atoms with Crippen molar-refractivity contribution >= 4 is 33.3 Å². The lowest BCUT2D eigenvalue weighted by atomic mass is 10.0. The molecule has 2 atom stereocenters. The molecule has 176 valence electrons. The molecule has 2 aliphatic heterocycles. The number of nitrogens with one attached hydrogen (secondary N) is 1. The summed E-state index contributed by atoms with van der Waals surface area (Å²) in [7, 11) is -2.93. The Morgan fingerprint density at radius 3 is 2.30 bits per heavy atom. The number of rotatable bonds is 6. The molecule has 0 radical (unpaired) electrons. The predicted octanol–water partition coefficient (Wildman–Crippen LogP) is 2.53. The van der Waals surface area contributed by atoms with Gasteiger partial charge >= 0.3 is 0 Å². The Balaban J connectivity index is 1.40. The minimum Gasteiger partial charge on any atom is -0.345 e. The summed E-state index contributed by atoms with van der Waals surface area (Å²) in [6, 6.07) is 15.8. The Morgan fingerprint density at radius 2 is 1.67 bits per heavy atom. The molecule has 4 rings (SSSR count). The number of sulfone groups is 1. The van der Waals surface area contributed by atoms with Gasteiger partial charge in [-0.2, -0.15) is 0 Å². The number of benzene rings is 2. The normalized spacial score (nSPS) is 21.5. The fraction of sp³-hybridized carbons (Fsp3) is 0.417. The van der Waals surface area contributed by atoms with Crippen LogP contribution in [-0.4, -0.2) is 73.8 Å². The van der Waals surface area contributed by atoms with E-state index in [-0.39, 0.29) is 35.8 Å². The minimum absolute atomic E-state index is 0.0398. The van der Waals surface area contributed by atoms with Crippen molar-refractivity contribution in [2.75, 3.05) is 37.7 Å². The van der Waals surface area contributed by atoms with Gasteiger partial charge in [0.15, 0.2) is 9.84 Å². The largest absolute Gasteiger partial charge is 0.345 e. The molecule has 33 heavy (non-hydrogen) atoms. The van der Waals surface area contributed by atoms with Crippen LogP contribution < -0.4 is 5.32 Å². The number of carbonyl (C=O) groups excluding carboxylic acids is 2. The molecule has 0 aliphatic carbocycles. The highest BCUT2D eigenvalue weighted by atomic mass is 35.5. The van der Waals surface area contributed by atoms with Crippen LogP contribution in [0.1, 0.15) is 34.8 Å². The summed E-state index contributed by atoms with van der Waals surface area (Å²) in [6.45, 7) is 2.42. The minimum atomic E-state index is -2.93. The van der Waals surface area contributed by atoms with Gasteiger partial charge in [-0.15, -0.1) is 0 Å². The number of nitrogens with zero attached hydrogens (tertiary/aromatic N) is 2. The van der Waals surface area contributed by atoms with E-state index in [1.807, 2.05) is 30.3 Å². The van der Waals surface area contributed by atoms with E-state index >= 15 is 0 Å². The van der Waals surface area contributed by atoms with Gasteiger partial charge in [0.2, 0.25) is 5.91 Å². The highest BCUT2D eigenvalue weighted by Crippen LogP contribution is 2.23. The quantitative estimate of drug-likeness (QED) is 0.673. The van der Waals surface area contributed by atoms with Crippen LogP contribution in [0.15, 0.2) is 54.6 Å². The number of hydrogen-bond acceptors (Lipinski definition) is 5. The van der Waals surface area contributed by atoms with E-state index in [0.717, 1.165) is 5.56 Å². The molecule has 1 N–H and O–H groups in total. The Morgan fingerprint density at radius 1 is 1.00 bits per heavy atom. The second kappa shape index (κ2) is 10.2. The molecule has 0 aromatic heterocycles. The maximum atomic E-state index is 13.1. The smallest absolute Gasteiger partial charge is 0.253 e. The number of halogens is 1. The molecule has 0 unspecified atom stereocenters. The molecule has 2 aliphatic rings. The average molecular weight is 490 g/mol. The van der Waals surface area contributed by atoms with Crippen molar-refractivity contribution in [3.8, 4) is 0 Å². The zero-order chi connectivity index (χ0) is 23.4. The lowest BCUT2D eigenvalue weighted by molar-refractivity contribution is -0.133. The second-order valence-electron chi connectivity index (χ2n) is 8.59. The molecular formula is C24H28ClN3O4S. The van der Waals surface area contributed by atoms with Gasteiger partial charge in [-0.3, -0.25) is 14.5 Å². The zero-order valence-corrected chi connectivity index (χ0v) is 19.9. The summed E-state index contributed by atoms with van der Waals surface area (Å²) in [4.78, 5) is 30.0. The molecule has 9 heteroatoms. The Hall–Kier alpha value is -2.42. The van der Waals surface area contributed by atoms with Crippen molar-refractivity contribution in [3.05, 3.63) is 70.7 Å². The maximum absolute atomic E-state index is 13.1. The van der Waals surface area contributed by atoms with Crippen LogP contribution in [-0.2, 0) is 14.6 Å². The lowest BCUT2D eigenvalue weighted by Gasteiger charge is -2.38. The summed E-state index contributed by atoms with van der Waals surface area (Å²) >= 11 is 6.18. The maximum Gasteiger partial charge on any atom is 0.253 e. The molecule has 2 aromatic carbocycles. The van der Waals surface area contributed by atoms with Gasteiger partial charge in [0.1, 0.15) is 0 Å². The Kier molecular flexibility index (Phi) is 7.36. The van der Waals surface area contributed by atoms with Gasteiger partial charge in [0, 0.05) is 32.2 Å². The van der Waals surface area contributed by atoms with Crippen molar-refractivity contribution in [3.63, 3.8) is 0 Å². The van der Waals surface area contributed by atoms with Crippen LogP contribution in [0.25, 0.3) is 0 Å². The van der Waals surface area contributed by atoms with E-state index in [0.29, 0.717) is 43.2 Å². The highest BCUT2D eigenvalue weighted by Gasteiger charge is 2.34. The van der Waals surface area contributed by atoms with Crippen LogP contribution in [0.5, 0.6) is 0 Å². The first-order valence-corrected chi connectivity index (χ1v) is 13.3. The molecule has 2 amide bonds. The molecule has 2 heterocycles. The summed E-state index contributed by atoms with van der Waals surface area (Å²) in [5.41, 5.74) is 1.22. The van der Waals surface area contributed by atoms with Crippen LogP contribution in [0.2, 0.25) is 5.02 Å². The lowest BCUT2D eigenvalue weighted by Crippen LogP contribution is -2.52. The molecule has 2 saturated heterocycles. The summed E-state index contributed by atoms with van der Waals surface area (Å²) in [6.07, 6.45) is 0.804. The summed E-state index contributed by atoms with van der Waals surface area (Å²) < 4.78 is 23.6. The number of hydrogen-bond donors (Lipinski definition) is 1. The third-order valence-electron chi connectivity index (χ3n) is 6.40. The molecule has 0 spiro atoms. The molecular weight excluding hydrogens is 462 g/mol. The van der Waals surface area contributed by atoms with E-state index in [1.165, 1.54) is 0 Å². The third kappa shape index (κ3) is 5.93. The topological polar surface area (TPSA) is 86.8 Å². The van der Waals surface area contributed by atoms with Gasteiger partial charge < -0.3 is 10.2 Å². The second-order valence-corrected chi connectivity index (χ2v) is 11.2. The van der Waals surface area contributed by atoms with Gasteiger partial charge in [-0.1, -0.05) is 54.1 Å². The molecule has 2 aromatic rings. The number of piperazine rings is 1. The molecule has 0 bridgehead atoms. The predicted molar refractivity (Wildman–Crippen MR) is 128 cm³/mol. The Bertz CT molecular complexity index is 1100. The third-order valence-corrected chi connectivity index (χ3v) is 8.48. The van der Waals surface area contributed by atoms with Crippen molar-refractivity contribution in [1.29, 1.82) is 0 Å². The fourth-order valence-corrected chi connectivity index (χ4v) is 6.51. The standard InChI is InChI=1S/C24H28ClN3O4S/c25-21-9-5-4-8-20(21)24(30)26-22(18-6-2-1-3-7-18)16-23(29)28-13-11-27(12-14-28)19-10-15-33(31,32)17-19/h1-9,19,22H,10-17H2,(H,26,30)/t19-,22-/m1/s1. The van der Waals surface area contributed by atoms with Crippen molar-refractivity contribution < 1.29 is 18.0 Å². The molecule has 2 fully saturated rings. The van der Waals surface area contributed by atoms with Gasteiger partial charge in [-0.05, 0) is 24.1 Å². The number of amides is 2. The van der Waals surface area contributed by atoms with Crippen molar-refractivity contribution in [1.82, 2.24) is 15.1 Å². The molecule has 0 saturated carbocycles. The first-order chi connectivity index (χ1) is 15.8. The van der Waals surface area contributed by atoms with Crippen LogP contribution >= 0.6 is 11.6 Å². The van der Waals surface area contributed by atoms with Crippen molar-refractivity contribution in [2.45, 2.75) is 24.9 Å².